The lowest BCUT2D eigenvalue weighted by atomic mass is 10.2. The zero-order chi connectivity index (χ0) is 17.1. The highest BCUT2D eigenvalue weighted by Gasteiger charge is 2.10. The molecule has 0 aliphatic carbocycles. The predicted octanol–water partition coefficient (Wildman–Crippen LogP) is 1.67. The summed E-state index contributed by atoms with van der Waals surface area (Å²) in [7, 11) is 3.62. The van der Waals surface area contributed by atoms with Gasteiger partial charge >= 0.3 is 5.97 Å². The first-order valence-electron chi connectivity index (χ1n) is 7.61. The Morgan fingerprint density at radius 1 is 1.17 bits per heavy atom. The summed E-state index contributed by atoms with van der Waals surface area (Å²) in [6.07, 6.45) is -0.227. The third-order valence-corrected chi connectivity index (χ3v) is 3.14. The molecule has 0 fully saturated rings. The van der Waals surface area contributed by atoms with Crippen LogP contribution >= 0.6 is 0 Å². The SMILES string of the molecule is CCOC(=O)CC(=O)COCCN(C)Cc1ccc(OC)cc1. The van der Waals surface area contributed by atoms with Gasteiger partial charge in [-0.3, -0.25) is 14.5 Å². The Bertz CT molecular complexity index is 486. The van der Waals surface area contributed by atoms with Crippen molar-refractivity contribution in [2.24, 2.45) is 0 Å². The van der Waals surface area contributed by atoms with Gasteiger partial charge in [0.15, 0.2) is 5.78 Å². The molecule has 0 saturated carbocycles. The van der Waals surface area contributed by atoms with Gasteiger partial charge in [-0.1, -0.05) is 12.1 Å². The van der Waals surface area contributed by atoms with Crippen molar-refractivity contribution >= 4 is 11.8 Å². The average Bonchev–Trinajstić information content (AvgIpc) is 2.52. The quantitative estimate of drug-likeness (QED) is 0.351. The summed E-state index contributed by atoms with van der Waals surface area (Å²) < 4.78 is 15.1. The highest BCUT2D eigenvalue weighted by Crippen LogP contribution is 2.12. The van der Waals surface area contributed by atoms with Gasteiger partial charge in [0, 0.05) is 13.1 Å². The summed E-state index contributed by atoms with van der Waals surface area (Å²) in [6.45, 7) is 3.83. The largest absolute Gasteiger partial charge is 0.497 e. The number of benzene rings is 1. The lowest BCUT2D eigenvalue weighted by molar-refractivity contribution is -0.146. The Morgan fingerprint density at radius 3 is 2.48 bits per heavy atom. The summed E-state index contributed by atoms with van der Waals surface area (Å²) in [6, 6.07) is 7.87. The van der Waals surface area contributed by atoms with Crippen molar-refractivity contribution in [2.45, 2.75) is 19.9 Å². The molecule has 23 heavy (non-hydrogen) atoms. The fourth-order valence-corrected chi connectivity index (χ4v) is 1.95. The molecule has 1 aromatic carbocycles. The molecule has 0 spiro atoms. The number of hydrogen-bond donors (Lipinski definition) is 0. The molecule has 0 saturated heterocycles. The van der Waals surface area contributed by atoms with Gasteiger partial charge in [0.05, 0.1) is 20.3 Å². The molecule has 0 unspecified atom stereocenters. The van der Waals surface area contributed by atoms with Gasteiger partial charge in [-0.25, -0.2) is 0 Å². The summed E-state index contributed by atoms with van der Waals surface area (Å²) >= 11 is 0. The van der Waals surface area contributed by atoms with Crippen LogP contribution in [0.3, 0.4) is 0 Å². The number of ketones is 1. The van der Waals surface area contributed by atoms with Crippen LogP contribution in [0.1, 0.15) is 18.9 Å². The van der Waals surface area contributed by atoms with Crippen molar-refractivity contribution in [1.82, 2.24) is 4.90 Å². The van der Waals surface area contributed by atoms with Crippen LogP contribution in [0.2, 0.25) is 0 Å². The molecule has 6 nitrogen and oxygen atoms in total. The zero-order valence-electron chi connectivity index (χ0n) is 14.0. The lowest BCUT2D eigenvalue weighted by Gasteiger charge is -2.16. The van der Waals surface area contributed by atoms with E-state index in [2.05, 4.69) is 4.90 Å². The molecule has 1 rings (SSSR count). The van der Waals surface area contributed by atoms with E-state index in [1.54, 1.807) is 14.0 Å². The van der Waals surface area contributed by atoms with Crippen molar-refractivity contribution in [3.05, 3.63) is 29.8 Å². The standard InChI is InChI=1S/C17H25NO5/c1-4-23-17(20)11-15(19)13-22-10-9-18(2)12-14-5-7-16(21-3)8-6-14/h5-8H,4,9-13H2,1-3H3. The highest BCUT2D eigenvalue weighted by molar-refractivity contribution is 5.96. The molecule has 0 aliphatic heterocycles. The van der Waals surface area contributed by atoms with Crippen molar-refractivity contribution in [3.63, 3.8) is 0 Å². The van der Waals surface area contributed by atoms with E-state index >= 15 is 0 Å². The molecule has 1 aromatic rings. The molecule has 0 heterocycles. The van der Waals surface area contributed by atoms with Crippen LogP contribution in [0, 0.1) is 0 Å². The lowest BCUT2D eigenvalue weighted by Crippen LogP contribution is -2.24. The number of esters is 1. The second-order valence-corrected chi connectivity index (χ2v) is 5.16. The molecule has 0 aliphatic rings. The van der Waals surface area contributed by atoms with Crippen LogP contribution in [0.25, 0.3) is 0 Å². The van der Waals surface area contributed by atoms with E-state index in [1.165, 1.54) is 5.56 Å². The number of Topliss-reactive ketones (excluding diaryl/α,β-unsaturated/α-hetero) is 1. The Morgan fingerprint density at radius 2 is 1.87 bits per heavy atom. The maximum absolute atomic E-state index is 11.5. The fraction of sp³-hybridized carbons (Fsp3) is 0.529. The second-order valence-electron chi connectivity index (χ2n) is 5.16. The second kappa shape index (κ2) is 10.7. The Hall–Kier alpha value is -1.92. The number of ether oxygens (including phenoxy) is 3. The van der Waals surface area contributed by atoms with Crippen molar-refractivity contribution in [1.29, 1.82) is 0 Å². The normalized spacial score (nSPS) is 10.6. The van der Waals surface area contributed by atoms with Gasteiger partial charge in [0.25, 0.3) is 0 Å². The Kier molecular flexibility index (Phi) is 8.94. The van der Waals surface area contributed by atoms with Crippen molar-refractivity contribution < 1.29 is 23.8 Å². The molecule has 0 atom stereocenters. The first-order valence-corrected chi connectivity index (χ1v) is 7.61. The van der Waals surface area contributed by atoms with Gasteiger partial charge in [-0.05, 0) is 31.7 Å². The maximum atomic E-state index is 11.5. The minimum absolute atomic E-state index is 0.0603. The van der Waals surface area contributed by atoms with E-state index in [4.69, 9.17) is 14.2 Å². The van der Waals surface area contributed by atoms with E-state index in [0.29, 0.717) is 13.2 Å². The van der Waals surface area contributed by atoms with Gasteiger partial charge in [0.1, 0.15) is 18.8 Å². The highest BCUT2D eigenvalue weighted by atomic mass is 16.5. The molecule has 0 amide bonds. The van der Waals surface area contributed by atoms with Crippen LogP contribution in [0.4, 0.5) is 0 Å². The Balaban J connectivity index is 2.17. The van der Waals surface area contributed by atoms with E-state index in [0.717, 1.165) is 12.3 Å². The molecular weight excluding hydrogens is 298 g/mol. The molecule has 0 bridgehead atoms. The van der Waals surface area contributed by atoms with E-state index in [9.17, 15) is 9.59 Å². The third kappa shape index (κ3) is 8.32. The number of likely N-dealkylation sites (N-methyl/N-ethyl adjacent to an activating group) is 1. The number of methoxy groups -OCH3 is 1. The number of carbonyl (C=O) groups excluding carboxylic acids is 2. The summed E-state index contributed by atoms with van der Waals surface area (Å²) in [4.78, 5) is 24.7. The van der Waals surface area contributed by atoms with Gasteiger partial charge in [-0.15, -0.1) is 0 Å². The summed E-state index contributed by atoms with van der Waals surface area (Å²) in [5, 5.41) is 0. The predicted molar refractivity (Wildman–Crippen MR) is 86.4 cm³/mol. The van der Waals surface area contributed by atoms with Crippen LogP contribution in [0.15, 0.2) is 24.3 Å². The molecular formula is C17H25NO5. The minimum atomic E-state index is -0.502. The van der Waals surface area contributed by atoms with E-state index < -0.39 is 5.97 Å². The van der Waals surface area contributed by atoms with Gasteiger partial charge < -0.3 is 14.2 Å². The smallest absolute Gasteiger partial charge is 0.313 e. The fourth-order valence-electron chi connectivity index (χ4n) is 1.95. The van der Waals surface area contributed by atoms with Crippen molar-refractivity contribution in [2.75, 3.05) is 40.5 Å². The summed E-state index contributed by atoms with van der Waals surface area (Å²) in [5.74, 6) is 0.0684. The number of carbonyl (C=O) groups is 2. The van der Waals surface area contributed by atoms with Crippen LogP contribution in [-0.4, -0.2) is 57.2 Å². The number of hydrogen-bond acceptors (Lipinski definition) is 6. The van der Waals surface area contributed by atoms with Crippen LogP contribution in [-0.2, 0) is 25.6 Å². The zero-order valence-corrected chi connectivity index (χ0v) is 14.0. The molecule has 0 N–H and O–H groups in total. The van der Waals surface area contributed by atoms with Crippen LogP contribution < -0.4 is 4.74 Å². The summed E-state index contributed by atoms with van der Waals surface area (Å²) in [5.41, 5.74) is 1.17. The van der Waals surface area contributed by atoms with E-state index in [-0.39, 0.29) is 25.4 Å². The molecule has 128 valence electrons. The maximum Gasteiger partial charge on any atom is 0.313 e. The average molecular weight is 323 g/mol. The topological polar surface area (TPSA) is 65.1 Å². The van der Waals surface area contributed by atoms with Gasteiger partial charge in [0.2, 0.25) is 0 Å². The number of rotatable bonds is 11. The minimum Gasteiger partial charge on any atom is -0.497 e. The molecule has 6 heteroatoms. The molecule has 0 radical (unpaired) electrons. The Labute approximate surface area is 137 Å². The van der Waals surface area contributed by atoms with Crippen molar-refractivity contribution in [3.8, 4) is 5.75 Å². The number of nitrogens with zero attached hydrogens (tertiary/aromatic N) is 1. The first-order chi connectivity index (χ1) is 11.0. The monoisotopic (exact) mass is 323 g/mol. The van der Waals surface area contributed by atoms with Gasteiger partial charge in [-0.2, -0.15) is 0 Å². The van der Waals surface area contributed by atoms with Crippen LogP contribution in [0.5, 0.6) is 5.75 Å². The van der Waals surface area contributed by atoms with E-state index in [1.807, 2.05) is 31.3 Å². The third-order valence-electron chi connectivity index (χ3n) is 3.14. The first kappa shape index (κ1) is 19.1. The molecule has 0 aromatic heterocycles.